The molecule has 6 aromatic carbocycles. The largest absolute Gasteiger partial charge is 0.456 e. The normalized spacial score (nSPS) is 13.0. The van der Waals surface area contributed by atoms with Crippen molar-refractivity contribution in [1.82, 2.24) is 0 Å². The highest BCUT2D eigenvalue weighted by atomic mass is 19.4. The average Bonchev–Trinajstić information content (AvgIpc) is 3.50. The van der Waals surface area contributed by atoms with Gasteiger partial charge in [-0.1, -0.05) is 90.1 Å². The summed E-state index contributed by atoms with van der Waals surface area (Å²) in [7, 11) is 0. The van der Waals surface area contributed by atoms with E-state index in [1.165, 1.54) is 24.3 Å². The zero-order valence-corrected chi connectivity index (χ0v) is 32.3. The molecular formula is C47H42F6N2O2. The molecule has 57 heavy (non-hydrogen) atoms. The van der Waals surface area contributed by atoms with Crippen molar-refractivity contribution in [3.8, 4) is 56.4 Å². The molecular weight excluding hydrogens is 739 g/mol. The number of nitrogen functional groups attached to an aromatic ring is 2. The first kappa shape index (κ1) is 39.3. The molecule has 10 heteroatoms. The SMILES string of the molecule is CC(C)(C)c1cc(-c2ccc3c(c2-c2ccc(Oc4ccc(N)cc4C(F)(F)F)c(C(C)(C)C)c2)Cc2ccccc2-3)ccc1Oc1ccc(N)cc1C(F)(F)F. The summed E-state index contributed by atoms with van der Waals surface area (Å²) in [6, 6.07) is 30.3. The van der Waals surface area contributed by atoms with E-state index in [4.69, 9.17) is 20.9 Å². The van der Waals surface area contributed by atoms with Gasteiger partial charge < -0.3 is 20.9 Å². The molecule has 0 fully saturated rings. The van der Waals surface area contributed by atoms with E-state index in [-0.39, 0.29) is 34.4 Å². The number of ether oxygens (including phenoxy) is 2. The van der Waals surface area contributed by atoms with Crippen LogP contribution in [0.5, 0.6) is 23.0 Å². The highest BCUT2D eigenvalue weighted by Gasteiger charge is 2.37. The Bertz CT molecular complexity index is 2520. The van der Waals surface area contributed by atoms with Gasteiger partial charge in [-0.2, -0.15) is 26.3 Å². The van der Waals surface area contributed by atoms with Crippen LogP contribution in [0.3, 0.4) is 0 Å². The lowest BCUT2D eigenvalue weighted by molar-refractivity contribution is -0.139. The third-order valence-electron chi connectivity index (χ3n) is 10.2. The minimum absolute atomic E-state index is 0.0296. The minimum Gasteiger partial charge on any atom is -0.456 e. The first-order valence-corrected chi connectivity index (χ1v) is 18.4. The van der Waals surface area contributed by atoms with E-state index in [1.54, 1.807) is 12.1 Å². The predicted octanol–water partition coefficient (Wildman–Crippen LogP) is 14.0. The molecule has 1 aliphatic rings. The quantitative estimate of drug-likeness (QED) is 0.130. The highest BCUT2D eigenvalue weighted by molar-refractivity contribution is 5.94. The van der Waals surface area contributed by atoms with Crippen LogP contribution in [0.15, 0.2) is 109 Å². The summed E-state index contributed by atoms with van der Waals surface area (Å²) in [4.78, 5) is 0. The fraction of sp³-hybridized carbons (Fsp3) is 0.234. The molecule has 0 amide bonds. The van der Waals surface area contributed by atoms with Crippen LogP contribution >= 0.6 is 0 Å². The number of alkyl halides is 6. The average molecular weight is 781 g/mol. The van der Waals surface area contributed by atoms with Crippen molar-refractivity contribution in [2.75, 3.05) is 11.5 Å². The molecule has 0 unspecified atom stereocenters. The summed E-state index contributed by atoms with van der Waals surface area (Å²) in [5.74, 6) is -0.167. The lowest BCUT2D eigenvalue weighted by Gasteiger charge is -2.27. The van der Waals surface area contributed by atoms with Gasteiger partial charge in [-0.25, -0.2) is 0 Å². The van der Waals surface area contributed by atoms with Crippen LogP contribution in [0, 0.1) is 0 Å². The second-order valence-electron chi connectivity index (χ2n) is 16.5. The van der Waals surface area contributed by atoms with Crippen molar-refractivity contribution < 1.29 is 35.8 Å². The van der Waals surface area contributed by atoms with Crippen molar-refractivity contribution in [2.45, 2.75) is 71.1 Å². The van der Waals surface area contributed by atoms with Crippen molar-refractivity contribution in [3.63, 3.8) is 0 Å². The summed E-state index contributed by atoms with van der Waals surface area (Å²) in [5, 5.41) is 0. The Morgan fingerprint density at radius 2 is 0.895 bits per heavy atom. The van der Waals surface area contributed by atoms with Gasteiger partial charge in [0, 0.05) is 22.5 Å². The maximum atomic E-state index is 14.1. The number of fused-ring (bicyclic) bond motifs is 3. The van der Waals surface area contributed by atoms with Gasteiger partial charge in [0.2, 0.25) is 0 Å². The van der Waals surface area contributed by atoms with Crippen molar-refractivity contribution in [1.29, 1.82) is 0 Å². The fourth-order valence-corrected chi connectivity index (χ4v) is 7.47. The van der Waals surface area contributed by atoms with Gasteiger partial charge in [-0.15, -0.1) is 0 Å². The smallest absolute Gasteiger partial charge is 0.420 e. The summed E-state index contributed by atoms with van der Waals surface area (Å²) < 4.78 is 96.8. The van der Waals surface area contributed by atoms with E-state index in [2.05, 4.69) is 18.2 Å². The van der Waals surface area contributed by atoms with Crippen LogP contribution in [0.25, 0.3) is 33.4 Å². The van der Waals surface area contributed by atoms with Crippen LogP contribution < -0.4 is 20.9 Å². The summed E-state index contributed by atoms with van der Waals surface area (Å²) >= 11 is 0. The van der Waals surface area contributed by atoms with Gasteiger partial charge in [-0.05, 0) is 122 Å². The van der Waals surface area contributed by atoms with Gasteiger partial charge in [0.15, 0.2) is 0 Å². The van der Waals surface area contributed by atoms with E-state index in [1.807, 2.05) is 84.0 Å². The zero-order chi connectivity index (χ0) is 41.2. The maximum absolute atomic E-state index is 14.1. The number of rotatable bonds is 6. The van der Waals surface area contributed by atoms with Gasteiger partial charge in [0.05, 0.1) is 0 Å². The number of benzene rings is 6. The van der Waals surface area contributed by atoms with Crippen molar-refractivity contribution in [2.24, 2.45) is 0 Å². The molecule has 0 spiro atoms. The van der Waals surface area contributed by atoms with Crippen LogP contribution in [0.2, 0.25) is 0 Å². The second kappa shape index (κ2) is 13.9. The Kier molecular flexibility index (Phi) is 9.62. The molecule has 7 rings (SSSR count). The fourth-order valence-electron chi connectivity index (χ4n) is 7.47. The Balaban J connectivity index is 1.41. The zero-order valence-electron chi connectivity index (χ0n) is 32.3. The van der Waals surface area contributed by atoms with E-state index in [0.717, 1.165) is 56.6 Å². The van der Waals surface area contributed by atoms with Crippen LogP contribution in [0.1, 0.15) is 74.9 Å². The molecule has 6 aromatic rings. The van der Waals surface area contributed by atoms with Crippen molar-refractivity contribution in [3.05, 3.63) is 143 Å². The van der Waals surface area contributed by atoms with Gasteiger partial charge in [-0.3, -0.25) is 0 Å². The first-order chi connectivity index (χ1) is 26.6. The topological polar surface area (TPSA) is 70.5 Å². The monoisotopic (exact) mass is 780 g/mol. The Labute approximate surface area is 328 Å². The van der Waals surface area contributed by atoms with Crippen LogP contribution in [0.4, 0.5) is 37.7 Å². The van der Waals surface area contributed by atoms with Gasteiger partial charge >= 0.3 is 12.4 Å². The standard InChI is InChI=1S/C47H42F6N2O2/c1-44(2,3)35-22-27(11-17-39(35)56-41-19-13-29(54)24-37(41)46(48,49)50)32-15-16-33-31-10-8-7-9-26(31)21-34(33)43(32)28-12-18-40(36(23-28)45(4,5)6)57-42-20-14-30(55)25-38(42)47(51,52)53/h7-20,22-25H,21,54-55H2,1-6H3. The second-order valence-corrected chi connectivity index (χ2v) is 16.5. The Morgan fingerprint density at radius 3 is 1.40 bits per heavy atom. The molecule has 0 saturated heterocycles. The molecule has 0 heterocycles. The van der Waals surface area contributed by atoms with Crippen LogP contribution in [-0.2, 0) is 29.6 Å². The van der Waals surface area contributed by atoms with E-state index in [9.17, 15) is 26.3 Å². The summed E-state index contributed by atoms with van der Waals surface area (Å²) in [6.45, 7) is 11.8. The lowest BCUT2D eigenvalue weighted by atomic mass is 9.81. The van der Waals surface area contributed by atoms with Crippen LogP contribution in [-0.4, -0.2) is 0 Å². The molecule has 0 aliphatic heterocycles. The van der Waals surface area contributed by atoms with Crippen molar-refractivity contribution >= 4 is 11.4 Å². The van der Waals surface area contributed by atoms with Gasteiger partial charge in [0.1, 0.15) is 34.1 Å². The summed E-state index contributed by atoms with van der Waals surface area (Å²) in [6.07, 6.45) is -8.74. The number of hydrogen-bond acceptors (Lipinski definition) is 4. The Morgan fingerprint density at radius 1 is 0.456 bits per heavy atom. The first-order valence-electron chi connectivity index (χ1n) is 18.4. The van der Waals surface area contributed by atoms with E-state index < -0.39 is 34.3 Å². The number of halogens is 6. The number of nitrogens with two attached hydrogens (primary N) is 2. The lowest BCUT2D eigenvalue weighted by Crippen LogP contribution is -2.14. The molecule has 294 valence electrons. The molecule has 0 bridgehead atoms. The third-order valence-corrected chi connectivity index (χ3v) is 10.2. The van der Waals surface area contributed by atoms with E-state index >= 15 is 0 Å². The maximum Gasteiger partial charge on any atom is 0.420 e. The number of hydrogen-bond donors (Lipinski definition) is 2. The predicted molar refractivity (Wildman–Crippen MR) is 215 cm³/mol. The van der Waals surface area contributed by atoms with E-state index in [0.29, 0.717) is 17.5 Å². The molecule has 0 saturated carbocycles. The molecule has 0 aromatic heterocycles. The molecule has 4 nitrogen and oxygen atoms in total. The minimum atomic E-state index is -4.69. The molecule has 0 radical (unpaired) electrons. The molecule has 0 atom stereocenters. The Hall–Kier alpha value is -5.90. The number of anilines is 2. The molecule has 1 aliphatic carbocycles. The highest BCUT2D eigenvalue weighted by Crippen LogP contribution is 2.50. The summed E-state index contributed by atoms with van der Waals surface area (Å²) in [5.41, 5.74) is 17.6. The van der Waals surface area contributed by atoms with Gasteiger partial charge in [0.25, 0.3) is 0 Å². The third kappa shape index (κ3) is 7.77. The molecule has 4 N–H and O–H groups in total.